The van der Waals surface area contributed by atoms with Gasteiger partial charge >= 0.3 is 0 Å². The summed E-state index contributed by atoms with van der Waals surface area (Å²) in [7, 11) is 0. The van der Waals surface area contributed by atoms with Crippen molar-refractivity contribution in [1.29, 1.82) is 0 Å². The van der Waals surface area contributed by atoms with Crippen molar-refractivity contribution in [3.05, 3.63) is 118 Å². The Morgan fingerprint density at radius 3 is 1.75 bits per heavy atom. The van der Waals surface area contributed by atoms with E-state index in [-0.39, 0.29) is 5.69 Å². The second-order valence-corrected chi connectivity index (χ2v) is 5.94. The first-order chi connectivity index (χ1) is 13.7. The van der Waals surface area contributed by atoms with Gasteiger partial charge < -0.3 is 0 Å². The van der Waals surface area contributed by atoms with Crippen molar-refractivity contribution in [2.45, 2.75) is 0 Å². The average Bonchev–Trinajstić information content (AvgIpc) is 2.75. The van der Waals surface area contributed by atoms with Gasteiger partial charge in [-0.25, -0.2) is 0 Å². The average molecular weight is 369 g/mol. The van der Waals surface area contributed by atoms with E-state index in [1.54, 1.807) is 12.1 Å². The van der Waals surface area contributed by atoms with Crippen LogP contribution in [0.4, 0.5) is 11.4 Å². The molecule has 0 aliphatic rings. The lowest BCUT2D eigenvalue weighted by molar-refractivity contribution is -0.384. The summed E-state index contributed by atoms with van der Waals surface area (Å²) in [6.07, 6.45) is 7.78. The fraction of sp³-hybridized carbons (Fsp3) is 0. The number of nitro benzene ring substituents is 1. The minimum absolute atomic E-state index is 0.0442. The number of hydrogen-bond acceptors (Lipinski definition) is 4. The maximum atomic E-state index is 10.8. The molecule has 0 radical (unpaired) electrons. The predicted molar refractivity (Wildman–Crippen MR) is 115 cm³/mol. The summed E-state index contributed by atoms with van der Waals surface area (Å²) in [5, 5.41) is 15.2. The van der Waals surface area contributed by atoms with E-state index in [0.717, 1.165) is 11.1 Å². The van der Waals surface area contributed by atoms with Crippen molar-refractivity contribution >= 4 is 29.2 Å². The molecule has 138 valence electrons. The number of rotatable bonds is 7. The van der Waals surface area contributed by atoms with Gasteiger partial charge in [-0.3, -0.25) is 15.5 Å². The smallest absolute Gasteiger partial charge is 0.269 e. The molecule has 3 rings (SSSR count). The van der Waals surface area contributed by atoms with Crippen LogP contribution in [0, 0.1) is 10.1 Å². The summed E-state index contributed by atoms with van der Waals surface area (Å²) in [6.45, 7) is 0. The van der Waals surface area contributed by atoms with Crippen LogP contribution in [0.2, 0.25) is 0 Å². The topological polar surface area (TPSA) is 67.5 Å². The van der Waals surface area contributed by atoms with Gasteiger partial charge in [-0.05, 0) is 35.4 Å². The van der Waals surface area contributed by atoms with E-state index in [0.29, 0.717) is 11.4 Å². The molecule has 0 saturated heterocycles. The van der Waals surface area contributed by atoms with Crippen LogP contribution in [0.25, 0.3) is 12.2 Å². The monoisotopic (exact) mass is 369 g/mol. The zero-order valence-corrected chi connectivity index (χ0v) is 15.1. The van der Waals surface area contributed by atoms with E-state index in [4.69, 9.17) is 0 Å². The quantitative estimate of drug-likeness (QED) is 0.326. The molecule has 0 amide bonds. The van der Waals surface area contributed by atoms with Gasteiger partial charge in [0.05, 0.1) is 16.3 Å². The lowest BCUT2D eigenvalue weighted by Crippen LogP contribution is -1.96. The van der Waals surface area contributed by atoms with Crippen LogP contribution in [-0.2, 0) is 0 Å². The molecule has 5 nitrogen and oxygen atoms in total. The Morgan fingerprint density at radius 1 is 0.786 bits per heavy atom. The number of nitro groups is 1. The van der Waals surface area contributed by atoms with Crippen molar-refractivity contribution in [3.8, 4) is 0 Å². The minimum atomic E-state index is -0.427. The van der Waals surface area contributed by atoms with Crippen LogP contribution in [-0.4, -0.2) is 10.6 Å². The molecular formula is C23H19N3O2. The maximum absolute atomic E-state index is 10.8. The Balaban J connectivity index is 1.80. The number of allylic oxidation sites excluding steroid dienone is 2. The molecule has 0 saturated carbocycles. The van der Waals surface area contributed by atoms with Gasteiger partial charge in [0.25, 0.3) is 5.69 Å². The number of anilines is 1. The zero-order chi connectivity index (χ0) is 19.6. The molecule has 0 aliphatic carbocycles. The first-order valence-electron chi connectivity index (χ1n) is 8.75. The normalized spacial score (nSPS) is 11.8. The number of benzene rings is 3. The summed E-state index contributed by atoms with van der Waals surface area (Å²) < 4.78 is 0. The molecule has 0 aromatic heterocycles. The SMILES string of the molecule is O=[N+]([O-])c1ccc(NN=C(/C=C\c2ccccc2)/C=C/c2ccccc2)cc1. The van der Waals surface area contributed by atoms with Crippen molar-refractivity contribution in [2.24, 2.45) is 5.10 Å². The van der Waals surface area contributed by atoms with E-state index in [9.17, 15) is 10.1 Å². The molecule has 5 heteroatoms. The summed E-state index contributed by atoms with van der Waals surface area (Å²) in [5.41, 5.74) is 6.51. The Hall–Kier alpha value is -3.99. The van der Waals surface area contributed by atoms with E-state index < -0.39 is 4.92 Å². The molecule has 0 spiro atoms. The van der Waals surface area contributed by atoms with Crippen molar-refractivity contribution in [3.63, 3.8) is 0 Å². The third-order valence-corrected chi connectivity index (χ3v) is 3.88. The zero-order valence-electron chi connectivity index (χ0n) is 15.1. The molecule has 0 unspecified atom stereocenters. The molecule has 0 heterocycles. The van der Waals surface area contributed by atoms with Gasteiger partial charge in [0.15, 0.2) is 0 Å². The van der Waals surface area contributed by atoms with Crippen LogP contribution in [0.5, 0.6) is 0 Å². The molecule has 1 N–H and O–H groups in total. The van der Waals surface area contributed by atoms with Crippen LogP contribution >= 0.6 is 0 Å². The Morgan fingerprint density at radius 2 is 1.29 bits per heavy atom. The second kappa shape index (κ2) is 9.64. The second-order valence-electron chi connectivity index (χ2n) is 5.94. The fourth-order valence-electron chi connectivity index (χ4n) is 2.41. The number of hydrogen-bond donors (Lipinski definition) is 1. The standard InChI is InChI=1S/C23H19N3O2/c27-26(28)23-17-15-22(16-18-23)25-24-21(13-11-19-7-3-1-4-8-19)14-12-20-9-5-2-6-10-20/h1-18,25H/b13-11-,14-12+,24-21?. The maximum Gasteiger partial charge on any atom is 0.269 e. The Bertz CT molecular complexity index is 942. The first-order valence-corrected chi connectivity index (χ1v) is 8.75. The van der Waals surface area contributed by atoms with E-state index in [2.05, 4.69) is 10.5 Å². The molecule has 0 fully saturated rings. The molecule has 28 heavy (non-hydrogen) atoms. The summed E-state index contributed by atoms with van der Waals surface area (Å²) >= 11 is 0. The summed E-state index contributed by atoms with van der Waals surface area (Å²) in [5.74, 6) is 0. The van der Waals surface area contributed by atoms with E-state index >= 15 is 0 Å². The number of nitrogens with zero attached hydrogens (tertiary/aromatic N) is 2. The number of non-ortho nitro benzene ring substituents is 1. The van der Waals surface area contributed by atoms with E-state index in [1.165, 1.54) is 12.1 Å². The largest absolute Gasteiger partial charge is 0.278 e. The number of hydrazone groups is 1. The van der Waals surface area contributed by atoms with Gasteiger partial charge in [0.2, 0.25) is 0 Å². The van der Waals surface area contributed by atoms with Crippen molar-refractivity contribution in [2.75, 3.05) is 5.43 Å². The van der Waals surface area contributed by atoms with Gasteiger partial charge in [-0.2, -0.15) is 5.10 Å². The highest BCUT2D eigenvalue weighted by atomic mass is 16.6. The number of nitrogens with one attached hydrogen (secondary N) is 1. The van der Waals surface area contributed by atoms with Crippen molar-refractivity contribution < 1.29 is 4.92 Å². The van der Waals surface area contributed by atoms with Crippen LogP contribution in [0.1, 0.15) is 11.1 Å². The molecular weight excluding hydrogens is 350 g/mol. The third kappa shape index (κ3) is 5.78. The molecule has 0 atom stereocenters. The Kier molecular flexibility index (Phi) is 6.47. The van der Waals surface area contributed by atoms with Crippen LogP contribution < -0.4 is 5.43 Å². The summed E-state index contributed by atoms with van der Waals surface area (Å²) in [4.78, 5) is 10.3. The van der Waals surface area contributed by atoms with Gasteiger partial charge in [-0.15, -0.1) is 0 Å². The lowest BCUT2D eigenvalue weighted by Gasteiger charge is -2.02. The lowest BCUT2D eigenvalue weighted by atomic mass is 10.1. The molecule has 0 aliphatic heterocycles. The van der Waals surface area contributed by atoms with Gasteiger partial charge in [0.1, 0.15) is 0 Å². The van der Waals surface area contributed by atoms with E-state index in [1.807, 2.05) is 85.0 Å². The predicted octanol–water partition coefficient (Wildman–Crippen LogP) is 5.79. The van der Waals surface area contributed by atoms with Crippen LogP contribution in [0.15, 0.2) is 102 Å². The highest BCUT2D eigenvalue weighted by Crippen LogP contribution is 2.15. The highest BCUT2D eigenvalue weighted by Gasteiger charge is 2.03. The first kappa shape index (κ1) is 18.8. The van der Waals surface area contributed by atoms with Gasteiger partial charge in [0, 0.05) is 12.1 Å². The fourth-order valence-corrected chi connectivity index (χ4v) is 2.41. The Labute approximate surface area is 163 Å². The minimum Gasteiger partial charge on any atom is -0.278 e. The van der Waals surface area contributed by atoms with Gasteiger partial charge in [-0.1, -0.05) is 72.8 Å². The molecule has 3 aromatic rings. The van der Waals surface area contributed by atoms with Crippen LogP contribution in [0.3, 0.4) is 0 Å². The molecule has 3 aromatic carbocycles. The third-order valence-electron chi connectivity index (χ3n) is 3.88. The highest BCUT2D eigenvalue weighted by molar-refractivity contribution is 6.08. The summed E-state index contributed by atoms with van der Waals surface area (Å²) in [6, 6.07) is 26.0. The molecule has 0 bridgehead atoms. The van der Waals surface area contributed by atoms with Crippen molar-refractivity contribution in [1.82, 2.24) is 0 Å².